The molecule has 1 saturated heterocycles. The highest BCUT2D eigenvalue weighted by atomic mass is 32.1. The summed E-state index contributed by atoms with van der Waals surface area (Å²) >= 11 is 1.51. The van der Waals surface area contributed by atoms with Crippen molar-refractivity contribution in [2.24, 2.45) is 5.41 Å². The number of carbonyl (C=O) groups excluding carboxylic acids is 1. The van der Waals surface area contributed by atoms with Crippen LogP contribution < -0.4 is 10.6 Å². The van der Waals surface area contributed by atoms with E-state index < -0.39 is 0 Å². The molecule has 2 aliphatic rings. The lowest BCUT2D eigenvalue weighted by molar-refractivity contribution is 0.0548. The van der Waals surface area contributed by atoms with Gasteiger partial charge in [-0.05, 0) is 38.5 Å². The first-order valence-corrected chi connectivity index (χ1v) is 7.50. The van der Waals surface area contributed by atoms with Crippen LogP contribution in [0.4, 0.5) is 9.93 Å². The Morgan fingerprint density at radius 1 is 1.42 bits per heavy atom. The van der Waals surface area contributed by atoms with E-state index in [-0.39, 0.29) is 6.03 Å². The molecule has 0 aromatic carbocycles. The highest BCUT2D eigenvalue weighted by Crippen LogP contribution is 2.53. The second-order valence-electron chi connectivity index (χ2n) is 5.49. The predicted molar refractivity (Wildman–Crippen MR) is 74.6 cm³/mol. The highest BCUT2D eigenvalue weighted by molar-refractivity contribution is 7.15. The molecule has 6 heteroatoms. The number of nitrogens with zero attached hydrogens (tertiary/aromatic N) is 1. The molecule has 1 spiro atoms. The zero-order valence-corrected chi connectivity index (χ0v) is 12.1. The van der Waals surface area contributed by atoms with Gasteiger partial charge in [0.05, 0.1) is 5.69 Å². The number of anilines is 1. The van der Waals surface area contributed by atoms with Crippen LogP contribution in [0.2, 0.25) is 0 Å². The molecule has 5 nitrogen and oxygen atoms in total. The Morgan fingerprint density at radius 2 is 2.16 bits per heavy atom. The fourth-order valence-electron chi connectivity index (χ4n) is 2.70. The maximum absolute atomic E-state index is 11.9. The zero-order chi connectivity index (χ0) is 13.5. The summed E-state index contributed by atoms with van der Waals surface area (Å²) in [6.07, 6.45) is 3.21. The van der Waals surface area contributed by atoms with Crippen LogP contribution in [0.5, 0.6) is 0 Å². The van der Waals surface area contributed by atoms with Crippen LogP contribution >= 0.6 is 11.3 Å². The van der Waals surface area contributed by atoms with Crippen molar-refractivity contribution >= 4 is 22.5 Å². The van der Waals surface area contributed by atoms with E-state index in [4.69, 9.17) is 4.74 Å². The van der Waals surface area contributed by atoms with Gasteiger partial charge in [-0.3, -0.25) is 5.32 Å². The van der Waals surface area contributed by atoms with Gasteiger partial charge in [-0.2, -0.15) is 0 Å². The smallest absolute Gasteiger partial charge is 0.321 e. The van der Waals surface area contributed by atoms with Crippen LogP contribution in [0.3, 0.4) is 0 Å². The minimum Gasteiger partial charge on any atom is -0.381 e. The molecule has 1 aliphatic heterocycles. The molecule has 104 valence electrons. The van der Waals surface area contributed by atoms with Gasteiger partial charge in [-0.1, -0.05) is 0 Å². The van der Waals surface area contributed by atoms with Crippen molar-refractivity contribution in [3.05, 3.63) is 10.6 Å². The van der Waals surface area contributed by atoms with Crippen LogP contribution in [0, 0.1) is 19.3 Å². The minimum atomic E-state index is -0.137. The molecule has 1 saturated carbocycles. The third-order valence-electron chi connectivity index (χ3n) is 4.23. The van der Waals surface area contributed by atoms with Crippen LogP contribution in [0.25, 0.3) is 0 Å². The Labute approximate surface area is 116 Å². The molecule has 0 radical (unpaired) electrons. The average Bonchev–Trinajstić information content (AvgIpc) is 2.89. The lowest BCUT2D eigenvalue weighted by Crippen LogP contribution is -2.35. The van der Waals surface area contributed by atoms with Gasteiger partial charge in [0.2, 0.25) is 0 Å². The van der Waals surface area contributed by atoms with E-state index in [2.05, 4.69) is 15.6 Å². The molecule has 2 amide bonds. The minimum absolute atomic E-state index is 0.137. The van der Waals surface area contributed by atoms with Crippen molar-refractivity contribution in [2.45, 2.75) is 39.2 Å². The maximum Gasteiger partial charge on any atom is 0.321 e. The number of thiazole rings is 1. The first-order chi connectivity index (χ1) is 9.09. The predicted octanol–water partition coefficient (Wildman–Crippen LogP) is 2.45. The second kappa shape index (κ2) is 4.76. The lowest BCUT2D eigenvalue weighted by atomic mass is 9.96. The van der Waals surface area contributed by atoms with E-state index in [1.54, 1.807) is 0 Å². The van der Waals surface area contributed by atoms with Crippen LogP contribution in [0.1, 0.15) is 29.8 Å². The van der Waals surface area contributed by atoms with Crippen LogP contribution in [0.15, 0.2) is 0 Å². The number of carbonyl (C=O) groups is 1. The zero-order valence-electron chi connectivity index (χ0n) is 11.3. The standard InChI is InChI=1S/C13H19N3O2S/c1-8-9(2)19-12(14-8)16-11(17)15-10-7-13(10)3-5-18-6-4-13/h10H,3-7H2,1-2H3,(H2,14,15,16,17). The molecule has 1 aliphatic carbocycles. The van der Waals surface area contributed by atoms with E-state index >= 15 is 0 Å². The van der Waals surface area contributed by atoms with Crippen LogP contribution in [-0.4, -0.2) is 30.3 Å². The number of hydrogen-bond acceptors (Lipinski definition) is 4. The molecule has 2 N–H and O–H groups in total. The number of aryl methyl sites for hydroxylation is 2. The van der Waals surface area contributed by atoms with Gasteiger partial charge in [-0.15, -0.1) is 11.3 Å². The summed E-state index contributed by atoms with van der Waals surface area (Å²) in [5, 5.41) is 6.55. The summed E-state index contributed by atoms with van der Waals surface area (Å²) < 4.78 is 5.37. The molecule has 1 atom stereocenters. The number of hydrogen-bond donors (Lipinski definition) is 2. The van der Waals surface area contributed by atoms with Gasteiger partial charge < -0.3 is 10.1 Å². The first kappa shape index (κ1) is 12.9. The summed E-state index contributed by atoms with van der Waals surface area (Å²) in [7, 11) is 0. The van der Waals surface area contributed by atoms with Crippen molar-refractivity contribution in [3.8, 4) is 0 Å². The van der Waals surface area contributed by atoms with Gasteiger partial charge >= 0.3 is 6.03 Å². The summed E-state index contributed by atoms with van der Waals surface area (Å²) in [5.74, 6) is 0. The number of ether oxygens (including phenoxy) is 1. The maximum atomic E-state index is 11.9. The SMILES string of the molecule is Cc1nc(NC(=O)NC2CC23CCOCC3)sc1C. The largest absolute Gasteiger partial charge is 0.381 e. The summed E-state index contributed by atoms with van der Waals surface area (Å²) in [6, 6.07) is 0.167. The van der Waals surface area contributed by atoms with Gasteiger partial charge in [0.15, 0.2) is 5.13 Å². The number of aromatic nitrogens is 1. The van der Waals surface area contributed by atoms with E-state index in [1.165, 1.54) is 11.3 Å². The van der Waals surface area contributed by atoms with Crippen molar-refractivity contribution in [3.63, 3.8) is 0 Å². The fraction of sp³-hybridized carbons (Fsp3) is 0.692. The lowest BCUT2D eigenvalue weighted by Gasteiger charge is -2.22. The molecule has 2 fully saturated rings. The molecule has 1 aromatic heterocycles. The molecule has 2 heterocycles. The Kier molecular flexibility index (Phi) is 3.22. The first-order valence-electron chi connectivity index (χ1n) is 6.68. The van der Waals surface area contributed by atoms with Gasteiger partial charge in [0, 0.05) is 24.1 Å². The monoisotopic (exact) mass is 281 g/mol. The third-order valence-corrected chi connectivity index (χ3v) is 5.22. The third kappa shape index (κ3) is 2.60. The molecule has 19 heavy (non-hydrogen) atoms. The second-order valence-corrected chi connectivity index (χ2v) is 6.69. The quantitative estimate of drug-likeness (QED) is 0.875. The Morgan fingerprint density at radius 3 is 2.79 bits per heavy atom. The van der Waals surface area contributed by atoms with E-state index in [1.807, 2.05) is 13.8 Å². The average molecular weight is 281 g/mol. The van der Waals surface area contributed by atoms with Crippen molar-refractivity contribution in [1.29, 1.82) is 0 Å². The van der Waals surface area contributed by atoms with Gasteiger partial charge in [0.25, 0.3) is 0 Å². The Balaban J connectivity index is 1.52. The Bertz CT molecular complexity index is 475. The Hall–Kier alpha value is -1.14. The number of rotatable bonds is 2. The molecule has 1 unspecified atom stereocenters. The summed E-state index contributed by atoms with van der Waals surface area (Å²) in [6.45, 7) is 5.61. The number of amides is 2. The molecular weight excluding hydrogens is 262 g/mol. The molecule has 0 bridgehead atoms. The number of nitrogens with one attached hydrogen (secondary N) is 2. The summed E-state index contributed by atoms with van der Waals surface area (Å²) in [5.41, 5.74) is 1.29. The topological polar surface area (TPSA) is 63.2 Å². The van der Waals surface area contributed by atoms with E-state index in [0.29, 0.717) is 16.6 Å². The van der Waals surface area contributed by atoms with Crippen molar-refractivity contribution in [2.75, 3.05) is 18.5 Å². The normalized spacial score (nSPS) is 24.2. The number of urea groups is 1. The molecular formula is C13H19N3O2S. The molecule has 1 aromatic rings. The highest BCUT2D eigenvalue weighted by Gasteiger charge is 2.55. The summed E-state index contributed by atoms with van der Waals surface area (Å²) in [4.78, 5) is 17.4. The van der Waals surface area contributed by atoms with Gasteiger partial charge in [-0.25, -0.2) is 9.78 Å². The van der Waals surface area contributed by atoms with E-state index in [9.17, 15) is 4.79 Å². The van der Waals surface area contributed by atoms with E-state index in [0.717, 1.165) is 43.0 Å². The molecule has 3 rings (SSSR count). The van der Waals surface area contributed by atoms with Gasteiger partial charge in [0.1, 0.15) is 0 Å². The van der Waals surface area contributed by atoms with Crippen molar-refractivity contribution < 1.29 is 9.53 Å². The van der Waals surface area contributed by atoms with Crippen LogP contribution in [-0.2, 0) is 4.74 Å². The fourth-order valence-corrected chi connectivity index (χ4v) is 3.51. The van der Waals surface area contributed by atoms with Crippen molar-refractivity contribution in [1.82, 2.24) is 10.3 Å².